The van der Waals surface area contributed by atoms with Gasteiger partial charge in [-0.15, -0.1) is 0 Å². The number of amides is 1. The standard InChI is InChI=1S/C17H15ClN2O5S/c18-12-3-1-2-11(10-12)16(21)19-13-4-6-14(7-5-13)26(23,24)20-15-8-9-25-17(15)22/h1-7,10,15,20H,8-9H2,(H,19,21)/t15-/m0/s1. The Labute approximate surface area is 155 Å². The Hall–Kier alpha value is -2.42. The Kier molecular flexibility index (Phi) is 5.26. The second-order valence-corrected chi connectivity index (χ2v) is 7.77. The van der Waals surface area contributed by atoms with Crippen molar-refractivity contribution in [2.24, 2.45) is 0 Å². The highest BCUT2D eigenvalue weighted by atomic mass is 35.5. The maximum absolute atomic E-state index is 12.3. The zero-order chi connectivity index (χ0) is 18.7. The van der Waals surface area contributed by atoms with Crippen LogP contribution in [0, 0.1) is 0 Å². The number of halogens is 1. The number of hydrogen-bond acceptors (Lipinski definition) is 5. The molecule has 1 aliphatic rings. The molecule has 1 fully saturated rings. The number of esters is 1. The lowest BCUT2D eigenvalue weighted by Gasteiger charge is -2.11. The lowest BCUT2D eigenvalue weighted by molar-refractivity contribution is -0.139. The van der Waals surface area contributed by atoms with E-state index < -0.39 is 22.0 Å². The molecule has 2 N–H and O–H groups in total. The third-order valence-electron chi connectivity index (χ3n) is 3.74. The molecule has 1 heterocycles. The fourth-order valence-corrected chi connectivity index (χ4v) is 3.82. The Balaban J connectivity index is 1.70. The van der Waals surface area contributed by atoms with Crippen LogP contribution in [-0.2, 0) is 19.6 Å². The van der Waals surface area contributed by atoms with Gasteiger partial charge >= 0.3 is 5.97 Å². The van der Waals surface area contributed by atoms with Gasteiger partial charge in [-0.05, 0) is 42.5 Å². The van der Waals surface area contributed by atoms with Gasteiger partial charge in [-0.3, -0.25) is 9.59 Å². The van der Waals surface area contributed by atoms with E-state index >= 15 is 0 Å². The van der Waals surface area contributed by atoms with E-state index in [9.17, 15) is 18.0 Å². The van der Waals surface area contributed by atoms with E-state index in [4.69, 9.17) is 16.3 Å². The van der Waals surface area contributed by atoms with Gasteiger partial charge in [-0.1, -0.05) is 17.7 Å². The number of sulfonamides is 1. The predicted molar refractivity (Wildman–Crippen MR) is 95.5 cm³/mol. The molecule has 1 amide bonds. The Morgan fingerprint density at radius 1 is 1.15 bits per heavy atom. The van der Waals surface area contributed by atoms with E-state index in [2.05, 4.69) is 10.0 Å². The molecule has 0 aromatic heterocycles. The minimum absolute atomic E-state index is 0.0158. The fraction of sp³-hybridized carbons (Fsp3) is 0.176. The highest BCUT2D eigenvalue weighted by Crippen LogP contribution is 2.18. The van der Waals surface area contributed by atoms with Crippen molar-refractivity contribution in [3.8, 4) is 0 Å². The number of hydrogen-bond donors (Lipinski definition) is 2. The molecular formula is C17H15ClN2O5S. The first-order valence-corrected chi connectivity index (χ1v) is 9.57. The van der Waals surface area contributed by atoms with Gasteiger partial charge in [0.1, 0.15) is 6.04 Å². The molecule has 0 unspecified atom stereocenters. The van der Waals surface area contributed by atoms with E-state index in [1.165, 1.54) is 30.3 Å². The second kappa shape index (κ2) is 7.45. The molecule has 2 aromatic carbocycles. The molecule has 3 rings (SSSR count). The maximum Gasteiger partial charge on any atom is 0.324 e. The molecule has 26 heavy (non-hydrogen) atoms. The molecule has 1 atom stereocenters. The van der Waals surface area contributed by atoms with E-state index in [1.807, 2.05) is 0 Å². The van der Waals surface area contributed by atoms with Gasteiger partial charge in [0.15, 0.2) is 0 Å². The summed E-state index contributed by atoms with van der Waals surface area (Å²) in [5, 5.41) is 3.10. The molecular weight excluding hydrogens is 380 g/mol. The minimum atomic E-state index is -3.86. The van der Waals surface area contributed by atoms with Crippen LogP contribution in [-0.4, -0.2) is 32.9 Å². The third-order valence-corrected chi connectivity index (χ3v) is 5.46. The summed E-state index contributed by atoms with van der Waals surface area (Å²) in [6, 6.07) is 11.2. The van der Waals surface area contributed by atoms with Crippen molar-refractivity contribution in [1.82, 2.24) is 4.72 Å². The monoisotopic (exact) mass is 394 g/mol. The predicted octanol–water partition coefficient (Wildman–Crippen LogP) is 2.19. The van der Waals surface area contributed by atoms with Crippen molar-refractivity contribution in [1.29, 1.82) is 0 Å². The third kappa shape index (κ3) is 4.21. The summed E-state index contributed by atoms with van der Waals surface area (Å²) in [4.78, 5) is 23.6. The lowest BCUT2D eigenvalue weighted by atomic mass is 10.2. The SMILES string of the molecule is O=C(Nc1ccc(S(=O)(=O)N[C@H]2CCOC2=O)cc1)c1cccc(Cl)c1. The van der Waals surface area contributed by atoms with Crippen molar-refractivity contribution in [3.05, 3.63) is 59.1 Å². The molecule has 0 radical (unpaired) electrons. The molecule has 7 nitrogen and oxygen atoms in total. The van der Waals surface area contributed by atoms with Gasteiger partial charge < -0.3 is 10.1 Å². The molecule has 136 valence electrons. The van der Waals surface area contributed by atoms with Gasteiger partial charge in [0.05, 0.1) is 11.5 Å². The lowest BCUT2D eigenvalue weighted by Crippen LogP contribution is -2.37. The van der Waals surface area contributed by atoms with E-state index in [0.717, 1.165) is 0 Å². The van der Waals surface area contributed by atoms with Crippen LogP contribution in [0.1, 0.15) is 16.8 Å². The van der Waals surface area contributed by atoms with Crippen molar-refractivity contribution < 1.29 is 22.7 Å². The minimum Gasteiger partial charge on any atom is -0.464 e. The van der Waals surface area contributed by atoms with Gasteiger partial charge in [0.25, 0.3) is 5.91 Å². The molecule has 9 heteroatoms. The Morgan fingerprint density at radius 3 is 2.50 bits per heavy atom. The molecule has 0 spiro atoms. The second-order valence-electron chi connectivity index (χ2n) is 5.62. The summed E-state index contributed by atoms with van der Waals surface area (Å²) in [5.74, 6) is -0.950. The van der Waals surface area contributed by atoms with Gasteiger partial charge in [-0.25, -0.2) is 8.42 Å². The largest absolute Gasteiger partial charge is 0.464 e. The Morgan fingerprint density at radius 2 is 1.88 bits per heavy atom. The van der Waals surface area contributed by atoms with Crippen LogP contribution in [0.5, 0.6) is 0 Å². The van der Waals surface area contributed by atoms with E-state index in [1.54, 1.807) is 18.2 Å². The van der Waals surface area contributed by atoms with E-state index in [0.29, 0.717) is 22.7 Å². The summed E-state index contributed by atoms with van der Waals surface area (Å²) in [7, 11) is -3.86. The van der Waals surface area contributed by atoms with Crippen molar-refractivity contribution in [2.75, 3.05) is 11.9 Å². The van der Waals surface area contributed by atoms with Gasteiger partial charge in [0, 0.05) is 22.7 Å². The molecule has 0 bridgehead atoms. The van der Waals surface area contributed by atoms with Crippen molar-refractivity contribution in [3.63, 3.8) is 0 Å². The van der Waals surface area contributed by atoms with Gasteiger partial charge in [-0.2, -0.15) is 4.72 Å². The molecule has 0 aliphatic carbocycles. The van der Waals surface area contributed by atoms with Crippen molar-refractivity contribution >= 4 is 39.2 Å². The summed E-state index contributed by atoms with van der Waals surface area (Å²) >= 11 is 5.86. The summed E-state index contributed by atoms with van der Waals surface area (Å²) in [6.45, 7) is 0.195. The van der Waals surface area contributed by atoms with Crippen LogP contribution in [0.3, 0.4) is 0 Å². The van der Waals surface area contributed by atoms with Crippen LogP contribution in [0.15, 0.2) is 53.4 Å². The number of benzene rings is 2. The summed E-state index contributed by atoms with van der Waals surface area (Å²) < 4.78 is 31.7. The first kappa shape index (κ1) is 18.4. The summed E-state index contributed by atoms with van der Waals surface area (Å²) in [6.07, 6.45) is 0.297. The van der Waals surface area contributed by atoms with Crippen LogP contribution in [0.2, 0.25) is 5.02 Å². The normalized spacial score (nSPS) is 17.0. The van der Waals surface area contributed by atoms with Crippen LogP contribution in [0.25, 0.3) is 0 Å². The highest BCUT2D eigenvalue weighted by molar-refractivity contribution is 7.89. The van der Waals surface area contributed by atoms with Crippen molar-refractivity contribution in [2.45, 2.75) is 17.4 Å². The van der Waals surface area contributed by atoms with Crippen LogP contribution in [0.4, 0.5) is 5.69 Å². The topological polar surface area (TPSA) is 102 Å². The molecule has 1 saturated heterocycles. The number of nitrogens with one attached hydrogen (secondary N) is 2. The number of anilines is 1. The first-order valence-electron chi connectivity index (χ1n) is 7.71. The van der Waals surface area contributed by atoms with E-state index in [-0.39, 0.29) is 17.4 Å². The van der Waals surface area contributed by atoms with Crippen LogP contribution < -0.4 is 10.0 Å². The maximum atomic E-state index is 12.3. The molecule has 0 saturated carbocycles. The Bertz CT molecular complexity index is 944. The number of ether oxygens (including phenoxy) is 1. The number of carbonyl (C=O) groups is 2. The quantitative estimate of drug-likeness (QED) is 0.757. The highest BCUT2D eigenvalue weighted by Gasteiger charge is 2.31. The summed E-state index contributed by atoms with van der Waals surface area (Å²) in [5.41, 5.74) is 0.810. The fourth-order valence-electron chi connectivity index (χ4n) is 2.41. The van der Waals surface area contributed by atoms with Gasteiger partial charge in [0.2, 0.25) is 10.0 Å². The number of carbonyl (C=O) groups excluding carboxylic acids is 2. The number of rotatable bonds is 5. The first-order chi connectivity index (χ1) is 12.3. The number of cyclic esters (lactones) is 1. The zero-order valence-electron chi connectivity index (χ0n) is 13.4. The molecule has 1 aliphatic heterocycles. The average Bonchev–Trinajstić information content (AvgIpc) is 2.99. The smallest absolute Gasteiger partial charge is 0.324 e. The zero-order valence-corrected chi connectivity index (χ0v) is 15.0. The van der Waals surface area contributed by atoms with Crippen LogP contribution >= 0.6 is 11.6 Å². The average molecular weight is 395 g/mol. The molecule has 2 aromatic rings.